The number of nitrogens with one attached hydrogen (secondary N) is 1. The predicted molar refractivity (Wildman–Crippen MR) is 165 cm³/mol. The average Bonchev–Trinajstić information content (AvgIpc) is 2.96. The van der Waals surface area contributed by atoms with Crippen molar-refractivity contribution in [3.05, 3.63) is 101 Å². The second-order valence-electron chi connectivity index (χ2n) is 11.7. The maximum atomic E-state index is 13.2. The van der Waals surface area contributed by atoms with Gasteiger partial charge in [0.15, 0.2) is 0 Å². The fourth-order valence-corrected chi connectivity index (χ4v) is 4.85. The summed E-state index contributed by atoms with van der Waals surface area (Å²) in [4.78, 5) is 34.6. The van der Waals surface area contributed by atoms with E-state index in [-0.39, 0.29) is 24.5 Å². The van der Waals surface area contributed by atoms with Gasteiger partial charge < -0.3 is 19.9 Å². The molecule has 1 heterocycles. The molecule has 0 aliphatic carbocycles. The van der Waals surface area contributed by atoms with Crippen LogP contribution in [0.1, 0.15) is 56.9 Å². The summed E-state index contributed by atoms with van der Waals surface area (Å²) in [5.41, 5.74) is 3.84. The lowest BCUT2D eigenvalue weighted by Crippen LogP contribution is -2.59. The summed E-state index contributed by atoms with van der Waals surface area (Å²) in [5.74, 6) is -0.0529. The maximum absolute atomic E-state index is 13.2. The monoisotopic (exact) mass is 565 g/mol. The highest BCUT2D eigenvalue weighted by atomic mass is 16.6. The van der Waals surface area contributed by atoms with Gasteiger partial charge in [0.2, 0.25) is 5.91 Å². The number of benzene rings is 3. The summed E-state index contributed by atoms with van der Waals surface area (Å²) in [5, 5.41) is 13.1. The van der Waals surface area contributed by atoms with E-state index in [1.807, 2.05) is 107 Å². The molecule has 8 heteroatoms. The van der Waals surface area contributed by atoms with E-state index in [0.29, 0.717) is 30.9 Å². The molecule has 0 saturated carbocycles. The Morgan fingerprint density at radius 3 is 2.24 bits per heavy atom. The third kappa shape index (κ3) is 7.83. The van der Waals surface area contributed by atoms with Gasteiger partial charge in [0, 0.05) is 36.8 Å². The highest BCUT2D eigenvalue weighted by Crippen LogP contribution is 2.26. The van der Waals surface area contributed by atoms with Crippen LogP contribution in [-0.4, -0.2) is 64.8 Å². The van der Waals surface area contributed by atoms with Crippen LogP contribution in [0.25, 0.3) is 0 Å². The molecule has 8 nitrogen and oxygen atoms in total. The molecular weight excluding hydrogens is 526 g/mol. The Hall–Kier alpha value is -4.48. The SMILES string of the molecule is CC(C)N(C[C@@H]1CNCC(=O)N1Cc1ccc(C#N)c(N=C(c2ccccc2)c2ccccc2)c1)C(=O)OC(C)(C)C. The first kappa shape index (κ1) is 30.5. The normalized spacial score (nSPS) is 15.2. The molecule has 3 aromatic carbocycles. The number of nitriles is 1. The first-order valence-electron chi connectivity index (χ1n) is 14.3. The minimum atomic E-state index is -0.623. The molecule has 3 aromatic rings. The van der Waals surface area contributed by atoms with E-state index in [9.17, 15) is 14.9 Å². The van der Waals surface area contributed by atoms with Gasteiger partial charge >= 0.3 is 6.09 Å². The predicted octanol–water partition coefficient (Wildman–Crippen LogP) is 5.67. The molecular formula is C34H39N5O3. The fourth-order valence-electron chi connectivity index (χ4n) is 4.85. The third-order valence-corrected chi connectivity index (χ3v) is 6.94. The summed E-state index contributed by atoms with van der Waals surface area (Å²) >= 11 is 0. The van der Waals surface area contributed by atoms with Crippen LogP contribution in [0.3, 0.4) is 0 Å². The van der Waals surface area contributed by atoms with Crippen molar-refractivity contribution in [1.82, 2.24) is 15.1 Å². The molecule has 1 N–H and O–H groups in total. The van der Waals surface area contributed by atoms with Gasteiger partial charge in [-0.25, -0.2) is 9.79 Å². The summed E-state index contributed by atoms with van der Waals surface area (Å²) in [6.45, 7) is 10.8. The molecule has 0 unspecified atom stereocenters. The lowest BCUT2D eigenvalue weighted by Gasteiger charge is -2.40. The van der Waals surface area contributed by atoms with Crippen LogP contribution in [0, 0.1) is 11.3 Å². The molecule has 0 radical (unpaired) electrons. The fraction of sp³-hybridized carbons (Fsp3) is 0.353. The van der Waals surface area contributed by atoms with E-state index in [1.165, 1.54) is 0 Å². The van der Waals surface area contributed by atoms with Crippen LogP contribution in [0.2, 0.25) is 0 Å². The van der Waals surface area contributed by atoms with Crippen molar-refractivity contribution < 1.29 is 14.3 Å². The lowest BCUT2D eigenvalue weighted by atomic mass is 10.0. The van der Waals surface area contributed by atoms with Gasteiger partial charge in [-0.1, -0.05) is 66.7 Å². The van der Waals surface area contributed by atoms with Crippen molar-refractivity contribution in [1.29, 1.82) is 5.26 Å². The van der Waals surface area contributed by atoms with Gasteiger partial charge in [-0.3, -0.25) is 4.79 Å². The molecule has 1 saturated heterocycles. The Morgan fingerprint density at radius 2 is 1.69 bits per heavy atom. The van der Waals surface area contributed by atoms with Crippen LogP contribution in [0.15, 0.2) is 83.9 Å². The molecule has 4 rings (SSSR count). The van der Waals surface area contributed by atoms with E-state index in [1.54, 1.807) is 15.9 Å². The number of nitrogens with zero attached hydrogens (tertiary/aromatic N) is 4. The molecule has 218 valence electrons. The molecule has 0 aromatic heterocycles. The molecule has 1 fully saturated rings. The van der Waals surface area contributed by atoms with Crippen LogP contribution < -0.4 is 5.32 Å². The second-order valence-corrected chi connectivity index (χ2v) is 11.7. The number of ether oxygens (including phenoxy) is 1. The summed E-state index contributed by atoms with van der Waals surface area (Å²) in [6, 6.07) is 27.1. The average molecular weight is 566 g/mol. The first-order valence-corrected chi connectivity index (χ1v) is 14.3. The van der Waals surface area contributed by atoms with Gasteiger partial charge in [-0.05, 0) is 52.3 Å². The smallest absolute Gasteiger partial charge is 0.410 e. The van der Waals surface area contributed by atoms with E-state index >= 15 is 0 Å². The third-order valence-electron chi connectivity index (χ3n) is 6.94. The highest BCUT2D eigenvalue weighted by molar-refractivity contribution is 6.14. The minimum Gasteiger partial charge on any atom is -0.444 e. The number of hydrogen-bond donors (Lipinski definition) is 1. The zero-order valence-corrected chi connectivity index (χ0v) is 25.0. The van der Waals surface area contributed by atoms with Crippen LogP contribution in [-0.2, 0) is 16.1 Å². The van der Waals surface area contributed by atoms with Crippen LogP contribution in [0.4, 0.5) is 10.5 Å². The first-order chi connectivity index (χ1) is 20.1. The highest BCUT2D eigenvalue weighted by Gasteiger charge is 2.33. The summed E-state index contributed by atoms with van der Waals surface area (Å²) < 4.78 is 5.65. The van der Waals surface area contributed by atoms with Crippen molar-refractivity contribution in [2.24, 2.45) is 4.99 Å². The van der Waals surface area contributed by atoms with Gasteiger partial charge in [0.25, 0.3) is 0 Å². The van der Waals surface area contributed by atoms with Gasteiger partial charge in [-0.15, -0.1) is 0 Å². The van der Waals surface area contributed by atoms with E-state index in [4.69, 9.17) is 9.73 Å². The molecule has 2 amide bonds. The Bertz CT molecular complexity index is 1410. The quantitative estimate of drug-likeness (QED) is 0.355. The topological polar surface area (TPSA) is 98.0 Å². The van der Waals surface area contributed by atoms with Crippen LogP contribution in [0.5, 0.6) is 0 Å². The number of rotatable bonds is 8. The van der Waals surface area contributed by atoms with Crippen molar-refractivity contribution in [2.75, 3.05) is 19.6 Å². The van der Waals surface area contributed by atoms with Crippen molar-refractivity contribution in [2.45, 2.75) is 58.8 Å². The Morgan fingerprint density at radius 1 is 1.07 bits per heavy atom. The zero-order chi connectivity index (χ0) is 30.3. The number of hydrogen-bond acceptors (Lipinski definition) is 6. The minimum absolute atomic E-state index is 0.0529. The van der Waals surface area contributed by atoms with E-state index < -0.39 is 11.7 Å². The number of carbonyl (C=O) groups excluding carboxylic acids is 2. The van der Waals surface area contributed by atoms with Crippen molar-refractivity contribution in [3.63, 3.8) is 0 Å². The Balaban J connectivity index is 1.66. The zero-order valence-electron chi connectivity index (χ0n) is 25.0. The molecule has 42 heavy (non-hydrogen) atoms. The molecule has 0 bridgehead atoms. The molecule has 1 aliphatic rings. The van der Waals surface area contributed by atoms with Gasteiger partial charge in [0.05, 0.1) is 29.5 Å². The number of aliphatic imine (C=N–C) groups is 1. The van der Waals surface area contributed by atoms with E-state index in [2.05, 4.69) is 11.4 Å². The Kier molecular flexibility index (Phi) is 9.76. The summed E-state index contributed by atoms with van der Waals surface area (Å²) in [7, 11) is 0. The van der Waals surface area contributed by atoms with Crippen LogP contribution >= 0.6 is 0 Å². The largest absolute Gasteiger partial charge is 0.444 e. The summed E-state index contributed by atoms with van der Waals surface area (Å²) in [6.07, 6.45) is -0.403. The van der Waals surface area contributed by atoms with E-state index in [0.717, 1.165) is 22.4 Å². The van der Waals surface area contributed by atoms with Crippen molar-refractivity contribution >= 4 is 23.4 Å². The van der Waals surface area contributed by atoms with Gasteiger partial charge in [0.1, 0.15) is 11.7 Å². The Labute approximate surface area is 248 Å². The molecule has 1 atom stereocenters. The lowest BCUT2D eigenvalue weighted by molar-refractivity contribution is -0.136. The maximum Gasteiger partial charge on any atom is 0.410 e. The standard InChI is InChI=1S/C34H39N5O3/c1-24(2)38(33(41)42-34(3,4)5)23-29-20-36-21-31(40)39(29)22-25-16-17-28(19-35)30(18-25)37-32(26-12-8-6-9-13-26)27-14-10-7-11-15-27/h6-18,24,29,36H,20-23H2,1-5H3/t29-/m0/s1. The molecule has 1 aliphatic heterocycles. The van der Waals surface area contributed by atoms with Crippen molar-refractivity contribution in [3.8, 4) is 6.07 Å². The molecule has 0 spiro atoms. The number of amides is 2. The second kappa shape index (κ2) is 13.5. The number of carbonyl (C=O) groups is 2. The number of piperazine rings is 1. The van der Waals surface area contributed by atoms with Gasteiger partial charge in [-0.2, -0.15) is 5.26 Å².